The van der Waals surface area contributed by atoms with Crippen LogP contribution in [0.3, 0.4) is 0 Å². The number of rotatable bonds is 15. The van der Waals surface area contributed by atoms with Gasteiger partial charge in [0, 0.05) is 51.3 Å². The Morgan fingerprint density at radius 3 is 0.966 bits per heavy atom. The summed E-state index contributed by atoms with van der Waals surface area (Å²) in [7, 11) is 0. The molecule has 1 unspecified atom stereocenters. The number of benzene rings is 17. The van der Waals surface area contributed by atoms with Crippen molar-refractivity contribution in [1.29, 1.82) is 0 Å². The second-order valence-corrected chi connectivity index (χ2v) is 30.6. The van der Waals surface area contributed by atoms with Gasteiger partial charge >= 0.3 is 0 Å². The van der Waals surface area contributed by atoms with E-state index in [1.165, 1.54) is 60.7 Å². The van der Waals surface area contributed by atoms with Crippen LogP contribution in [0.1, 0.15) is 44.5 Å². The Labute approximate surface area is 684 Å². The molecule has 7 nitrogen and oxygen atoms in total. The molecule has 22 rings (SSSR count). The number of hydrogen-bond acceptors (Lipinski definition) is 7. The van der Waals surface area contributed by atoms with Gasteiger partial charge in [0.25, 0.3) is 0 Å². The zero-order valence-electron chi connectivity index (χ0n) is 64.1. The summed E-state index contributed by atoms with van der Waals surface area (Å²) in [5, 5.41) is 4.83. The van der Waals surface area contributed by atoms with Crippen LogP contribution in [0.5, 0.6) is 0 Å². The zero-order valence-corrected chi connectivity index (χ0v) is 64.1. The van der Waals surface area contributed by atoms with Crippen molar-refractivity contribution in [3.8, 4) is 146 Å². The van der Waals surface area contributed by atoms with Gasteiger partial charge in [-0.1, -0.05) is 376 Å². The molecule has 20 aromatic rings. The van der Waals surface area contributed by atoms with Gasteiger partial charge in [0.2, 0.25) is 0 Å². The Morgan fingerprint density at radius 2 is 0.449 bits per heavy atom. The van der Waals surface area contributed by atoms with Crippen LogP contribution >= 0.6 is 0 Å². The van der Waals surface area contributed by atoms with E-state index in [1.807, 2.05) is 18.5 Å². The van der Waals surface area contributed by atoms with Gasteiger partial charge in [0.1, 0.15) is 0 Å². The topological polar surface area (TPSA) is 90.2 Å². The van der Waals surface area contributed by atoms with Gasteiger partial charge in [-0.25, -0.2) is 29.9 Å². The first-order chi connectivity index (χ1) is 58.4. The lowest BCUT2D eigenvalue weighted by atomic mass is 9.67. The molecule has 7 heteroatoms. The van der Waals surface area contributed by atoms with Crippen LogP contribution in [-0.2, 0) is 10.8 Å². The molecule has 0 bridgehead atoms. The largest absolute Gasteiger partial charge is 0.263 e. The first kappa shape index (κ1) is 69.2. The fourth-order valence-electron chi connectivity index (χ4n) is 18.5. The maximum atomic E-state index is 5.63. The van der Waals surface area contributed by atoms with Crippen LogP contribution in [0.25, 0.3) is 168 Å². The molecular weight excluding hydrogens is 1430 g/mol. The summed E-state index contributed by atoms with van der Waals surface area (Å²) < 4.78 is 0. The lowest BCUT2D eigenvalue weighted by Gasteiger charge is -2.34. The van der Waals surface area contributed by atoms with E-state index < -0.39 is 10.8 Å². The summed E-state index contributed by atoms with van der Waals surface area (Å²) in [6.45, 7) is 0. The predicted molar refractivity (Wildman–Crippen MR) is 480 cm³/mol. The van der Waals surface area contributed by atoms with Crippen LogP contribution in [0.4, 0.5) is 0 Å². The molecule has 0 aliphatic heterocycles. The zero-order chi connectivity index (χ0) is 78.1. The molecule has 0 saturated carbocycles. The predicted octanol–water partition coefficient (Wildman–Crippen LogP) is 26.8. The van der Waals surface area contributed by atoms with E-state index in [-0.39, 0.29) is 0 Å². The Balaban J connectivity index is 0.637. The Hall–Kier alpha value is -15.6. The summed E-state index contributed by atoms with van der Waals surface area (Å²) in [5.41, 5.74) is 28.7. The van der Waals surface area contributed by atoms with E-state index in [1.54, 1.807) is 0 Å². The second-order valence-electron chi connectivity index (χ2n) is 30.6. The van der Waals surface area contributed by atoms with Crippen molar-refractivity contribution >= 4 is 21.5 Å². The summed E-state index contributed by atoms with van der Waals surface area (Å²) in [4.78, 5) is 37.4. The Morgan fingerprint density at radius 1 is 0.153 bits per heavy atom. The van der Waals surface area contributed by atoms with Crippen LogP contribution < -0.4 is 0 Å². The average Bonchev–Trinajstić information content (AvgIpc) is 1.39. The number of pyridine rings is 1. The van der Waals surface area contributed by atoms with Crippen LogP contribution in [0.2, 0.25) is 0 Å². The number of hydrogen-bond donors (Lipinski definition) is 0. The van der Waals surface area contributed by atoms with Crippen LogP contribution in [0.15, 0.2) is 431 Å². The number of nitrogens with zero attached hydrogens (tertiary/aromatic N) is 7. The first-order valence-corrected chi connectivity index (χ1v) is 40.1. The molecule has 118 heavy (non-hydrogen) atoms. The quantitative estimate of drug-likeness (QED) is 0.0945. The number of aromatic nitrogens is 7. The van der Waals surface area contributed by atoms with Crippen molar-refractivity contribution in [2.45, 2.75) is 10.8 Å². The summed E-state index contributed by atoms with van der Waals surface area (Å²) in [6, 6.07) is 151. The fourth-order valence-corrected chi connectivity index (χ4v) is 18.5. The normalized spacial score (nSPS) is 13.5. The maximum Gasteiger partial charge on any atom is 0.165 e. The Kier molecular flexibility index (Phi) is 16.9. The highest BCUT2D eigenvalue weighted by molar-refractivity contribution is 6.08. The van der Waals surface area contributed by atoms with Gasteiger partial charge < -0.3 is 0 Å². The SMILES string of the molecule is c1ccc(-c2ccc(-c3nc(-c4ccc5c(c4)C(c4ccccc4)(c4ccccc4)c4ccccc4-5)nc(-c4ccc5c(c4)C(c4ccccc4)(c4ccc(-c6cccc(-c7cccc(-c8nc(-c9cccc(-c%10ccccc%10)c9)nc(-c9cncc(-c%10ccc%11c(ccc%12ccccc%12%11)c%10)c9)n8)c7)c6)cc4)c4ccccc4-5)n3)cc2)cc1. The second kappa shape index (κ2) is 28.8. The van der Waals surface area contributed by atoms with Gasteiger partial charge in [-0.15, -0.1) is 0 Å². The summed E-state index contributed by atoms with van der Waals surface area (Å²) >= 11 is 0. The third-order valence-corrected chi connectivity index (χ3v) is 24.0. The highest BCUT2D eigenvalue weighted by Crippen LogP contribution is 2.59. The molecule has 0 saturated heterocycles. The first-order valence-electron chi connectivity index (χ1n) is 40.1. The highest BCUT2D eigenvalue weighted by atomic mass is 15.0. The molecule has 0 radical (unpaired) electrons. The van der Waals surface area contributed by atoms with Crippen molar-refractivity contribution in [2.75, 3.05) is 0 Å². The summed E-state index contributed by atoms with van der Waals surface area (Å²) in [6.07, 6.45) is 3.77. The minimum atomic E-state index is -0.755. The standard InChI is InChI=1S/C111H71N7/c1-6-25-72(26-7-1)74-47-50-77(51-48-74)104-113-107(86-56-61-98-96-43-18-20-45-100(96)110(102(98)68-86,90-36-10-3-11-37-90)91-38-12-4-13-39-91)116-108(114-104)87-57-62-99-97-44-19-21-46-101(97)111(103(99)69-87,92-40-14-5-15-41-92)93-58-53-75(54-59-93)78-30-22-32-80(63-78)81-33-24-35-85(66-81)106-115-105(84-34-23-31-79(65-84)73-27-8-2-9-28-73)117-109(118-106)89-67-88(70-112-71-89)82-55-60-95-83(64-82)52-49-76-29-16-17-42-94(76)95/h1-71H. The van der Waals surface area contributed by atoms with Gasteiger partial charge in [0.05, 0.1) is 10.8 Å². The fraction of sp³-hybridized carbons (Fsp3) is 0.0180. The van der Waals surface area contributed by atoms with E-state index in [4.69, 9.17) is 34.9 Å². The molecule has 2 aliphatic carbocycles. The molecule has 3 heterocycles. The molecule has 0 amide bonds. The van der Waals surface area contributed by atoms with E-state index in [2.05, 4.69) is 413 Å². The van der Waals surface area contributed by atoms with Crippen molar-refractivity contribution in [2.24, 2.45) is 0 Å². The third-order valence-electron chi connectivity index (χ3n) is 24.0. The average molecular weight is 1500 g/mol. The molecular formula is C111H71N7. The lowest BCUT2D eigenvalue weighted by Crippen LogP contribution is -2.28. The van der Waals surface area contributed by atoms with Crippen LogP contribution in [0, 0.1) is 0 Å². The van der Waals surface area contributed by atoms with Crippen molar-refractivity contribution in [3.63, 3.8) is 0 Å². The molecule has 3 aromatic heterocycles. The Bertz CT molecular complexity index is 7240. The van der Waals surface area contributed by atoms with Crippen molar-refractivity contribution in [3.05, 3.63) is 475 Å². The minimum Gasteiger partial charge on any atom is -0.263 e. The third kappa shape index (κ3) is 11.9. The van der Waals surface area contributed by atoms with Gasteiger partial charge in [-0.3, -0.25) is 4.98 Å². The van der Waals surface area contributed by atoms with Crippen LogP contribution in [-0.4, -0.2) is 34.9 Å². The van der Waals surface area contributed by atoms with Gasteiger partial charge in [0.15, 0.2) is 34.9 Å². The molecule has 1 atom stereocenters. The van der Waals surface area contributed by atoms with E-state index in [0.717, 1.165) is 117 Å². The highest BCUT2D eigenvalue weighted by Gasteiger charge is 2.48. The molecule has 0 N–H and O–H groups in total. The van der Waals surface area contributed by atoms with Crippen molar-refractivity contribution in [1.82, 2.24) is 34.9 Å². The molecule has 17 aromatic carbocycles. The smallest absolute Gasteiger partial charge is 0.165 e. The molecule has 550 valence electrons. The van der Waals surface area contributed by atoms with Gasteiger partial charge in [-0.2, -0.15) is 0 Å². The van der Waals surface area contributed by atoms with Crippen molar-refractivity contribution < 1.29 is 0 Å². The van der Waals surface area contributed by atoms with E-state index in [9.17, 15) is 0 Å². The van der Waals surface area contributed by atoms with E-state index in [0.29, 0.717) is 34.9 Å². The minimum absolute atomic E-state index is 0.530. The maximum absolute atomic E-state index is 5.63. The number of fused-ring (bicyclic) bond motifs is 9. The molecule has 0 fully saturated rings. The monoisotopic (exact) mass is 1500 g/mol. The molecule has 0 spiro atoms. The van der Waals surface area contributed by atoms with Gasteiger partial charge in [-0.05, 0) is 181 Å². The summed E-state index contributed by atoms with van der Waals surface area (Å²) in [5.74, 6) is 3.40. The lowest BCUT2D eigenvalue weighted by molar-refractivity contribution is 0.768. The molecule has 2 aliphatic rings. The van der Waals surface area contributed by atoms with E-state index >= 15 is 0 Å².